The molecule has 146 valence electrons. The number of hydrogen-bond donors (Lipinski definition) is 1. The van der Waals surface area contributed by atoms with E-state index < -0.39 is 5.91 Å². The molecule has 0 fully saturated rings. The Morgan fingerprint density at radius 3 is 2.55 bits per heavy atom. The van der Waals surface area contributed by atoms with E-state index in [1.165, 1.54) is 19.2 Å². The van der Waals surface area contributed by atoms with Crippen molar-refractivity contribution in [2.45, 2.75) is 13.3 Å². The first-order valence-electron chi connectivity index (χ1n) is 9.22. The summed E-state index contributed by atoms with van der Waals surface area (Å²) < 4.78 is 5.73. The number of carbonyl (C=O) groups excluding carboxylic acids is 3. The van der Waals surface area contributed by atoms with Crippen LogP contribution in [0.1, 0.15) is 42.5 Å². The lowest BCUT2D eigenvalue weighted by Gasteiger charge is -2.05. The maximum absolute atomic E-state index is 12.5. The van der Waals surface area contributed by atoms with Crippen molar-refractivity contribution in [3.8, 4) is 11.5 Å². The van der Waals surface area contributed by atoms with Gasteiger partial charge in [-0.25, -0.2) is 4.98 Å². The van der Waals surface area contributed by atoms with E-state index in [0.29, 0.717) is 35.7 Å². The number of aryl methyl sites for hydroxylation is 1. The fourth-order valence-corrected chi connectivity index (χ4v) is 3.26. The topological polar surface area (TPSA) is 92.5 Å². The van der Waals surface area contributed by atoms with E-state index in [4.69, 9.17) is 4.42 Å². The van der Waals surface area contributed by atoms with Crippen LogP contribution >= 0.6 is 0 Å². The maximum Gasteiger partial charge on any atom is 0.261 e. The minimum atomic E-state index is -0.397. The van der Waals surface area contributed by atoms with E-state index in [0.717, 1.165) is 16.2 Å². The normalized spacial score (nSPS) is 13.0. The summed E-state index contributed by atoms with van der Waals surface area (Å²) in [5, 5.41) is 2.82. The van der Waals surface area contributed by atoms with Gasteiger partial charge < -0.3 is 9.73 Å². The molecule has 1 N–H and O–H groups in total. The monoisotopic (exact) mass is 389 g/mol. The lowest BCUT2D eigenvalue weighted by Crippen LogP contribution is -2.26. The molecule has 0 bridgehead atoms. The second kappa shape index (κ2) is 7.35. The van der Waals surface area contributed by atoms with Gasteiger partial charge in [0.2, 0.25) is 5.89 Å². The summed E-state index contributed by atoms with van der Waals surface area (Å²) >= 11 is 0. The van der Waals surface area contributed by atoms with Gasteiger partial charge in [-0.3, -0.25) is 19.3 Å². The Balaban J connectivity index is 1.41. The van der Waals surface area contributed by atoms with Crippen LogP contribution in [-0.2, 0) is 6.42 Å². The Labute approximate surface area is 167 Å². The summed E-state index contributed by atoms with van der Waals surface area (Å²) in [7, 11) is 1.42. The lowest BCUT2D eigenvalue weighted by molar-refractivity contribution is 0.0693. The van der Waals surface area contributed by atoms with Crippen molar-refractivity contribution in [3.63, 3.8) is 0 Å². The molecule has 1 aliphatic rings. The highest BCUT2D eigenvalue weighted by Crippen LogP contribution is 2.23. The summed E-state index contributed by atoms with van der Waals surface area (Å²) in [5.74, 6) is 0.198. The predicted octanol–water partition coefficient (Wildman–Crippen LogP) is 2.85. The molecule has 1 aromatic heterocycles. The van der Waals surface area contributed by atoms with Gasteiger partial charge in [0.25, 0.3) is 17.7 Å². The van der Waals surface area contributed by atoms with Gasteiger partial charge in [-0.2, -0.15) is 0 Å². The molecule has 0 unspecified atom stereocenters. The Kier molecular flexibility index (Phi) is 4.72. The third kappa shape index (κ3) is 3.42. The molecule has 0 aliphatic carbocycles. The molecule has 0 atom stereocenters. The van der Waals surface area contributed by atoms with E-state index in [9.17, 15) is 14.4 Å². The molecule has 7 nitrogen and oxygen atoms in total. The van der Waals surface area contributed by atoms with E-state index >= 15 is 0 Å². The number of aromatic nitrogens is 1. The van der Waals surface area contributed by atoms with Crippen LogP contribution in [0.2, 0.25) is 0 Å². The van der Waals surface area contributed by atoms with Gasteiger partial charge in [0.1, 0.15) is 5.76 Å². The average molecular weight is 389 g/mol. The number of fused-ring (bicyclic) bond motifs is 1. The molecular weight excluding hydrogens is 370 g/mol. The number of nitrogens with zero attached hydrogens (tertiary/aromatic N) is 2. The highest BCUT2D eigenvalue weighted by atomic mass is 16.4. The van der Waals surface area contributed by atoms with E-state index in [1.54, 1.807) is 6.07 Å². The smallest absolute Gasteiger partial charge is 0.261 e. The number of benzene rings is 2. The first-order chi connectivity index (χ1) is 14.0. The minimum absolute atomic E-state index is 0.255. The van der Waals surface area contributed by atoms with Gasteiger partial charge >= 0.3 is 0 Å². The molecule has 1 aliphatic heterocycles. The largest absolute Gasteiger partial charge is 0.441 e. The third-order valence-electron chi connectivity index (χ3n) is 4.91. The van der Waals surface area contributed by atoms with Gasteiger partial charge in [-0.1, -0.05) is 18.2 Å². The molecular formula is C22H19N3O4. The van der Waals surface area contributed by atoms with Crippen LogP contribution < -0.4 is 5.32 Å². The average Bonchev–Trinajstić information content (AvgIpc) is 3.21. The standard InChI is InChI=1S/C22H19N3O4/c1-13-18(24-20(29-13)14-6-4-3-5-7-14)10-11-23-19(26)15-8-9-16-17(12-15)22(28)25(2)21(16)27/h3-9,12H,10-11H2,1-2H3,(H,23,26). The Bertz CT molecular complexity index is 1120. The van der Waals surface area contributed by atoms with E-state index in [-0.39, 0.29) is 17.4 Å². The Morgan fingerprint density at radius 2 is 1.79 bits per heavy atom. The number of carbonyl (C=O) groups is 3. The SMILES string of the molecule is Cc1oc(-c2ccccc2)nc1CCNC(=O)c1ccc2c(c1)C(=O)N(C)C2=O. The maximum atomic E-state index is 12.5. The molecule has 0 radical (unpaired) electrons. The van der Waals surface area contributed by atoms with Crippen molar-refractivity contribution in [2.24, 2.45) is 0 Å². The van der Waals surface area contributed by atoms with Crippen molar-refractivity contribution >= 4 is 17.7 Å². The first-order valence-corrected chi connectivity index (χ1v) is 9.22. The number of rotatable bonds is 5. The molecule has 7 heteroatoms. The molecule has 0 spiro atoms. The zero-order chi connectivity index (χ0) is 20.5. The molecule has 0 saturated heterocycles. The van der Waals surface area contributed by atoms with Gasteiger partial charge in [0.05, 0.1) is 16.8 Å². The third-order valence-corrected chi connectivity index (χ3v) is 4.91. The molecule has 2 aromatic carbocycles. The van der Waals surface area contributed by atoms with E-state index in [2.05, 4.69) is 10.3 Å². The van der Waals surface area contributed by atoms with Gasteiger partial charge in [0.15, 0.2) is 0 Å². The number of amides is 3. The van der Waals surface area contributed by atoms with Crippen LogP contribution in [-0.4, -0.2) is 41.2 Å². The first kappa shape index (κ1) is 18.6. The van der Waals surface area contributed by atoms with Crippen molar-refractivity contribution in [1.82, 2.24) is 15.2 Å². The summed E-state index contributed by atoms with van der Waals surface area (Å²) in [6, 6.07) is 14.1. The summed E-state index contributed by atoms with van der Waals surface area (Å²) in [6.45, 7) is 2.21. The van der Waals surface area contributed by atoms with Crippen LogP contribution in [0.25, 0.3) is 11.5 Å². The van der Waals surface area contributed by atoms with Gasteiger partial charge in [-0.05, 0) is 37.3 Å². The molecule has 0 saturated carbocycles. The quantitative estimate of drug-likeness (QED) is 0.678. The molecule has 3 aromatic rings. The second-order valence-corrected chi connectivity index (χ2v) is 6.82. The highest BCUT2D eigenvalue weighted by molar-refractivity contribution is 6.21. The van der Waals surface area contributed by atoms with Crippen LogP contribution in [0.4, 0.5) is 0 Å². The predicted molar refractivity (Wildman–Crippen MR) is 106 cm³/mol. The van der Waals surface area contributed by atoms with Crippen LogP contribution in [0.3, 0.4) is 0 Å². The van der Waals surface area contributed by atoms with Crippen molar-refractivity contribution in [2.75, 3.05) is 13.6 Å². The lowest BCUT2D eigenvalue weighted by atomic mass is 10.1. The number of nitrogens with one attached hydrogen (secondary N) is 1. The van der Waals surface area contributed by atoms with Crippen molar-refractivity contribution < 1.29 is 18.8 Å². The van der Waals surface area contributed by atoms with Crippen molar-refractivity contribution in [3.05, 3.63) is 76.7 Å². The summed E-state index contributed by atoms with van der Waals surface area (Å²) in [4.78, 5) is 42.0. The van der Waals surface area contributed by atoms with Gasteiger partial charge in [0, 0.05) is 31.1 Å². The number of hydrogen-bond acceptors (Lipinski definition) is 5. The summed E-state index contributed by atoms with van der Waals surface area (Å²) in [6.07, 6.45) is 0.513. The molecule has 29 heavy (non-hydrogen) atoms. The zero-order valence-corrected chi connectivity index (χ0v) is 16.1. The van der Waals surface area contributed by atoms with Crippen LogP contribution in [0.15, 0.2) is 52.9 Å². The Morgan fingerprint density at radius 1 is 1.07 bits per heavy atom. The highest BCUT2D eigenvalue weighted by Gasteiger charge is 2.33. The molecule has 2 heterocycles. The Hall–Kier alpha value is -3.74. The van der Waals surface area contributed by atoms with Gasteiger partial charge in [-0.15, -0.1) is 0 Å². The van der Waals surface area contributed by atoms with Crippen molar-refractivity contribution in [1.29, 1.82) is 0 Å². The second-order valence-electron chi connectivity index (χ2n) is 6.82. The fourth-order valence-electron chi connectivity index (χ4n) is 3.26. The van der Waals surface area contributed by atoms with E-state index in [1.807, 2.05) is 37.3 Å². The minimum Gasteiger partial charge on any atom is -0.441 e. The number of imide groups is 1. The zero-order valence-electron chi connectivity index (χ0n) is 16.1. The number of oxazole rings is 1. The molecule has 3 amide bonds. The van der Waals surface area contributed by atoms with Crippen LogP contribution in [0.5, 0.6) is 0 Å². The fraction of sp³-hybridized carbons (Fsp3) is 0.182. The molecule has 4 rings (SSSR count). The van der Waals surface area contributed by atoms with Crippen LogP contribution in [0, 0.1) is 6.92 Å². The summed E-state index contributed by atoms with van der Waals surface area (Å²) in [5.41, 5.74) is 2.58.